The highest BCUT2D eigenvalue weighted by atomic mass is 32.1. The van der Waals surface area contributed by atoms with E-state index in [-0.39, 0.29) is 75.1 Å². The fraction of sp³-hybridized carbons (Fsp3) is 0.649. The van der Waals surface area contributed by atoms with Crippen molar-refractivity contribution in [3.8, 4) is 28.2 Å². The van der Waals surface area contributed by atoms with Gasteiger partial charge in [0.2, 0.25) is 12.2 Å². The zero-order chi connectivity index (χ0) is 72.8. The number of hydrogen-bond acceptors (Lipinski definition) is 23. The third-order valence-electron chi connectivity index (χ3n) is 25.1. The molecule has 101 heavy (non-hydrogen) atoms. The molecule has 27 heteroatoms. The van der Waals surface area contributed by atoms with E-state index in [4.69, 9.17) is 45.1 Å². The van der Waals surface area contributed by atoms with Crippen molar-refractivity contribution in [2.75, 3.05) is 25.1 Å². The summed E-state index contributed by atoms with van der Waals surface area (Å²) in [5.74, 6) is -3.14. The van der Waals surface area contributed by atoms with Crippen LogP contribution in [0.2, 0.25) is 0 Å². The number of ether oxygens (including phenoxy) is 6. The summed E-state index contributed by atoms with van der Waals surface area (Å²) in [6, 6.07) is 11.9. The first-order valence-electron chi connectivity index (χ1n) is 35.3. The summed E-state index contributed by atoms with van der Waals surface area (Å²) in [5.41, 5.74) is -1.69. The molecule has 24 atom stereocenters. The minimum Gasteiger partial charge on any atom is -0.508 e. The van der Waals surface area contributed by atoms with Crippen LogP contribution >= 0.6 is 12.2 Å². The molecule has 2 aromatic carbocycles. The second-order valence-corrected chi connectivity index (χ2v) is 31.9. The van der Waals surface area contributed by atoms with Crippen LogP contribution in [0.5, 0.6) is 5.75 Å². The molecule has 1 amide bonds. The van der Waals surface area contributed by atoms with Crippen molar-refractivity contribution in [2.24, 2.45) is 50.2 Å². The Morgan fingerprint density at radius 3 is 2.22 bits per heavy atom. The van der Waals surface area contributed by atoms with Crippen LogP contribution in [0.15, 0.2) is 75.5 Å². The van der Waals surface area contributed by atoms with Crippen LogP contribution in [0.4, 0.5) is 5.69 Å². The average molecular weight is 1430 g/mol. The number of thiocarbonyl (C=S) groups is 1. The number of amides is 1. The smallest absolute Gasteiger partial charge is 0.336 e. The first kappa shape index (κ1) is 74.6. The van der Waals surface area contributed by atoms with Crippen molar-refractivity contribution in [3.63, 3.8) is 0 Å². The number of benzene rings is 3. The summed E-state index contributed by atoms with van der Waals surface area (Å²) >= 11 is 5.58. The number of aliphatic hydroxyl groups is 9. The SMILES string of the molecule is CC1O[C@@H](OC2C(O)[C@@H](NC(=O)CCCCCNC(=S)Nc3ccc(-c4c5ccc(=O)cc-5oc5cc(O)ccc45)c(C(=O)O)c3)C(CO)O[C@H]2OC(=O)[C@]23CCC(C)(C)CC2C2=CCC4C5(C)CC[C@H](O)C(C)(C=O)[C@@H]5CCC4(C)[C@]2(C)C[C@@H]3O)C(O)C(O)[C@H]1O[C@@H]1OC[C@@H](O)C(O)C1O. The number of phenolic OH excluding ortho intramolecular Hbond substituents is 1. The number of aldehydes is 1. The molecule has 4 saturated carbocycles. The first-order valence-corrected chi connectivity index (χ1v) is 35.7. The number of carboxylic acid groups (broad SMARTS) is 1. The molecule has 7 fully saturated rings. The molecule has 0 bridgehead atoms. The summed E-state index contributed by atoms with van der Waals surface area (Å²) in [4.78, 5) is 67.9. The molecule has 26 nitrogen and oxygen atoms in total. The van der Waals surface area contributed by atoms with Crippen LogP contribution in [0.1, 0.15) is 142 Å². The van der Waals surface area contributed by atoms with Gasteiger partial charge in [-0.1, -0.05) is 65.7 Å². The molecule has 4 aliphatic heterocycles. The highest BCUT2D eigenvalue weighted by Gasteiger charge is 2.72. The number of carbonyl (C=O) groups is 4. The molecule has 10 aliphatic rings. The van der Waals surface area contributed by atoms with Gasteiger partial charge in [0.1, 0.15) is 77.6 Å². The van der Waals surface area contributed by atoms with Gasteiger partial charge in [-0.15, -0.1) is 0 Å². The quantitative estimate of drug-likeness (QED) is 0.0157. The average Bonchev–Trinajstić information content (AvgIpc) is 0.671. The molecule has 552 valence electrons. The Balaban J connectivity index is 0.737. The Morgan fingerprint density at radius 2 is 1.49 bits per heavy atom. The number of rotatable bonds is 18. The van der Waals surface area contributed by atoms with Crippen LogP contribution in [-0.4, -0.2) is 203 Å². The van der Waals surface area contributed by atoms with Crippen LogP contribution in [0, 0.1) is 50.2 Å². The van der Waals surface area contributed by atoms with Crippen molar-refractivity contribution in [1.29, 1.82) is 0 Å². The largest absolute Gasteiger partial charge is 0.508 e. The first-order chi connectivity index (χ1) is 47.7. The van der Waals surface area contributed by atoms with Gasteiger partial charge in [0.05, 0.1) is 48.5 Å². The lowest BCUT2D eigenvalue weighted by Crippen LogP contribution is -2.69. The highest BCUT2D eigenvalue weighted by Crippen LogP contribution is 2.76. The second kappa shape index (κ2) is 28.4. The molecule has 2 aromatic rings. The van der Waals surface area contributed by atoms with Crippen LogP contribution in [-0.2, 0) is 42.8 Å². The maximum atomic E-state index is 15.8. The third-order valence-corrected chi connectivity index (χ3v) is 25.3. The van der Waals surface area contributed by atoms with E-state index >= 15 is 4.79 Å². The maximum absolute atomic E-state index is 15.8. The van der Waals surface area contributed by atoms with Gasteiger partial charge in [-0.3, -0.25) is 14.4 Å². The number of anilines is 1. The molecule has 6 aliphatic carbocycles. The lowest BCUT2D eigenvalue weighted by molar-refractivity contribution is -0.370. The highest BCUT2D eigenvalue weighted by molar-refractivity contribution is 7.80. The second-order valence-electron chi connectivity index (χ2n) is 31.4. The Morgan fingerprint density at radius 1 is 0.752 bits per heavy atom. The molecule has 0 radical (unpaired) electrons. The Hall–Kier alpha value is -6.12. The number of carboxylic acids is 1. The van der Waals surface area contributed by atoms with Gasteiger partial charge in [0, 0.05) is 47.3 Å². The summed E-state index contributed by atoms with van der Waals surface area (Å²) in [7, 11) is 0. The molecule has 4 heterocycles. The summed E-state index contributed by atoms with van der Waals surface area (Å²) in [6.07, 6.45) is -14.9. The van der Waals surface area contributed by atoms with Gasteiger partial charge in [-0.2, -0.15) is 0 Å². The number of carbonyl (C=O) groups excluding carboxylic acids is 3. The summed E-state index contributed by atoms with van der Waals surface area (Å²) in [6.45, 7) is 13.4. The minimum absolute atomic E-state index is 0.0691. The normalized spacial score (nSPS) is 39.6. The van der Waals surface area contributed by atoms with Crippen molar-refractivity contribution in [2.45, 2.75) is 230 Å². The van der Waals surface area contributed by atoms with Crippen LogP contribution < -0.4 is 21.4 Å². The number of aromatic hydroxyl groups is 1. The van der Waals surface area contributed by atoms with E-state index in [2.05, 4.69) is 56.6 Å². The predicted molar refractivity (Wildman–Crippen MR) is 366 cm³/mol. The van der Waals surface area contributed by atoms with Crippen molar-refractivity contribution in [1.82, 2.24) is 10.6 Å². The van der Waals surface area contributed by atoms with Gasteiger partial charge < -0.3 is 110 Å². The number of fused-ring (bicyclic) bond motifs is 9. The number of aliphatic hydroxyl groups excluding tert-OH is 9. The maximum Gasteiger partial charge on any atom is 0.336 e. The molecule has 3 saturated heterocycles. The fourth-order valence-corrected chi connectivity index (χ4v) is 19.4. The van der Waals surface area contributed by atoms with E-state index in [0.29, 0.717) is 92.1 Å². The van der Waals surface area contributed by atoms with E-state index in [0.717, 1.165) is 18.3 Å². The molecule has 0 spiro atoms. The Kier molecular flexibility index (Phi) is 21.0. The summed E-state index contributed by atoms with van der Waals surface area (Å²) < 4.78 is 42.6. The molecule has 0 aromatic heterocycles. The molecular formula is C74H97N3O23S. The number of esters is 1. The fourth-order valence-electron chi connectivity index (χ4n) is 19.2. The van der Waals surface area contributed by atoms with Crippen molar-refractivity contribution < 1.29 is 108 Å². The van der Waals surface area contributed by atoms with Crippen LogP contribution in [0.3, 0.4) is 0 Å². The van der Waals surface area contributed by atoms with Crippen LogP contribution in [0.25, 0.3) is 33.4 Å². The Labute approximate surface area is 590 Å². The lowest BCUT2D eigenvalue weighted by Gasteiger charge is -2.71. The molecular weight excluding hydrogens is 1330 g/mol. The summed E-state index contributed by atoms with van der Waals surface area (Å²) in [5, 5.41) is 133. The van der Waals surface area contributed by atoms with Gasteiger partial charge in [0.15, 0.2) is 29.2 Å². The lowest BCUT2D eigenvalue weighted by atomic mass is 9.33. The zero-order valence-corrected chi connectivity index (χ0v) is 58.7. The van der Waals surface area contributed by atoms with Gasteiger partial charge in [-0.25, -0.2) is 4.79 Å². The topological polar surface area (TPSA) is 412 Å². The molecule has 13 unspecified atom stereocenters. The van der Waals surface area contributed by atoms with Gasteiger partial charge in [0.25, 0.3) is 0 Å². The van der Waals surface area contributed by atoms with E-state index in [1.54, 1.807) is 24.3 Å². The minimum atomic E-state index is -2.00. The molecule has 12 rings (SSSR count). The van der Waals surface area contributed by atoms with Gasteiger partial charge in [-0.05, 0) is 171 Å². The number of nitrogens with one attached hydrogen (secondary N) is 3. The zero-order valence-electron chi connectivity index (χ0n) is 57.9. The number of unbranched alkanes of at least 4 members (excludes halogenated alkanes) is 2. The predicted octanol–water partition coefficient (Wildman–Crippen LogP) is 4.91. The van der Waals surface area contributed by atoms with E-state index < -0.39 is 157 Å². The third kappa shape index (κ3) is 13.2. The standard InChI is InChI=1S/C74H97N3O23S/c1-35-61(98-64-59(89)56(86)45(82)33-94-64)58(88)60(90)65(95-35)99-62-57(87)55(77-53(85)11-9-8-10-26-75-68(101)76-36-12-15-39(42(27-36)63(91)92)54-40-16-13-37(80)28-46(40)96-47-29-38(81)14-17-41(47)54)48(32-78)97-66(62)100-67(93)74-25-24-69(2,3)30-44(74)43-18-19-50-70(4)22-21-51(83)71(5,34-79)49(70)20-23-72(50,6)73(43,7)31-52(74)84/h12-18,27-29,34-35,44-45,48-52,55-62,64-66,78,80,82-84,86-90H,8-11,19-26,30-33H2,1-7H3,(H,77,85)(H,91,92)(H2,75,76,101)/t35?,44?,45-,48?,49-,50?,51+,52+,55+,56?,57?,58?,59?,60?,61+,62?,64+,65+,66+,70?,71?,72?,73-,74-/m1/s1. The van der Waals surface area contributed by atoms with Gasteiger partial charge >= 0.3 is 11.9 Å². The molecule has 14 N–H and O–H groups in total. The Bertz CT molecular complexity index is 3850. The van der Waals surface area contributed by atoms with Crippen molar-refractivity contribution >= 4 is 58.1 Å². The van der Waals surface area contributed by atoms with Crippen molar-refractivity contribution in [3.05, 3.63) is 82.0 Å². The van der Waals surface area contributed by atoms with E-state index in [1.807, 2.05) is 6.92 Å². The monoisotopic (exact) mass is 1430 g/mol. The van der Waals surface area contributed by atoms with E-state index in [1.165, 1.54) is 37.3 Å². The number of aromatic carboxylic acids is 1. The number of hydrogen-bond donors (Lipinski definition) is 14. The number of phenols is 1. The number of allylic oxidation sites excluding steroid dienone is 2. The van der Waals surface area contributed by atoms with E-state index in [9.17, 15) is 75.3 Å².